The number of amides is 2. The largest absolute Gasteiger partial charge is 0.494 e. The van der Waals surface area contributed by atoms with Crippen LogP contribution in [-0.2, 0) is 25.7 Å². The van der Waals surface area contributed by atoms with Crippen molar-refractivity contribution in [2.75, 3.05) is 26.8 Å². The Morgan fingerprint density at radius 2 is 1.92 bits per heavy atom. The molecule has 2 aliphatic rings. The topological polar surface area (TPSA) is 119 Å². The number of nitrogens with one attached hydrogen (secondary N) is 1. The molecule has 3 heterocycles. The molecule has 208 valence electrons. The Kier molecular flexibility index (Phi) is 8.78. The fraction of sp³-hybridized carbons (Fsp3) is 0.464. The van der Waals surface area contributed by atoms with E-state index in [1.54, 1.807) is 23.1 Å². The first-order valence-corrected chi connectivity index (χ1v) is 12.9. The molecule has 1 aromatic heterocycles. The van der Waals surface area contributed by atoms with E-state index in [1.165, 1.54) is 20.1 Å². The van der Waals surface area contributed by atoms with Crippen molar-refractivity contribution in [3.8, 4) is 5.75 Å². The van der Waals surface area contributed by atoms with Crippen molar-refractivity contribution in [1.82, 2.24) is 15.2 Å². The van der Waals surface area contributed by atoms with Crippen molar-refractivity contribution < 1.29 is 33.1 Å². The quantitative estimate of drug-likeness (QED) is 0.511. The van der Waals surface area contributed by atoms with E-state index in [1.807, 2.05) is 13.8 Å². The van der Waals surface area contributed by atoms with Crippen LogP contribution in [0.5, 0.6) is 5.75 Å². The summed E-state index contributed by atoms with van der Waals surface area (Å²) in [5, 5.41) is 7.18. The van der Waals surface area contributed by atoms with E-state index >= 15 is 0 Å². The number of methoxy groups -OCH3 is 1. The molecule has 0 radical (unpaired) electrons. The lowest BCUT2D eigenvalue weighted by molar-refractivity contribution is -0.151. The molecule has 0 saturated carbocycles. The third-order valence-electron chi connectivity index (χ3n) is 7.23. The minimum absolute atomic E-state index is 0.119. The number of aromatic nitrogens is 1. The van der Waals surface area contributed by atoms with Gasteiger partial charge < -0.3 is 24.5 Å². The van der Waals surface area contributed by atoms with Gasteiger partial charge in [0, 0.05) is 50.2 Å². The number of halogens is 1. The van der Waals surface area contributed by atoms with Crippen molar-refractivity contribution in [2.45, 2.75) is 52.7 Å². The van der Waals surface area contributed by atoms with Crippen LogP contribution in [-0.4, -0.2) is 66.3 Å². The number of aryl methyl sites for hydroxylation is 1. The van der Waals surface area contributed by atoms with Crippen LogP contribution >= 0.6 is 0 Å². The van der Waals surface area contributed by atoms with Gasteiger partial charge in [0.25, 0.3) is 11.8 Å². The second-order valence-electron chi connectivity index (χ2n) is 9.80. The van der Waals surface area contributed by atoms with Crippen molar-refractivity contribution in [3.05, 3.63) is 58.2 Å². The summed E-state index contributed by atoms with van der Waals surface area (Å²) in [7, 11) is 1.39. The maximum atomic E-state index is 13.7. The first-order valence-electron chi connectivity index (χ1n) is 12.9. The van der Waals surface area contributed by atoms with Crippen LogP contribution in [0.15, 0.2) is 29.4 Å². The van der Waals surface area contributed by atoms with Crippen LogP contribution in [0.2, 0.25) is 0 Å². The number of ether oxygens (including phenoxy) is 2. The van der Waals surface area contributed by atoms with Crippen LogP contribution in [0.1, 0.15) is 59.1 Å². The average molecular weight is 541 g/mol. The van der Waals surface area contributed by atoms with Crippen molar-refractivity contribution >= 4 is 23.5 Å². The van der Waals surface area contributed by atoms with E-state index in [0.29, 0.717) is 47.7 Å². The predicted octanol–water partition coefficient (Wildman–Crippen LogP) is 3.07. The van der Waals surface area contributed by atoms with Gasteiger partial charge in [-0.05, 0) is 56.0 Å². The number of hydrogen-bond acceptors (Lipinski definition) is 8. The van der Waals surface area contributed by atoms with E-state index in [4.69, 9.17) is 14.3 Å². The summed E-state index contributed by atoms with van der Waals surface area (Å²) in [6.07, 6.45) is 1.92. The molecule has 1 saturated heterocycles. The van der Waals surface area contributed by atoms with Crippen LogP contribution < -0.4 is 10.1 Å². The highest BCUT2D eigenvalue weighted by Crippen LogP contribution is 2.30. The number of carbonyl (C=O) groups excluding carboxylic acids is 3. The van der Waals surface area contributed by atoms with Gasteiger partial charge in [-0.3, -0.25) is 19.4 Å². The molecule has 4 rings (SSSR count). The lowest BCUT2D eigenvalue weighted by Gasteiger charge is -2.33. The molecule has 39 heavy (non-hydrogen) atoms. The zero-order chi connectivity index (χ0) is 28.1. The van der Waals surface area contributed by atoms with Crippen molar-refractivity contribution in [3.63, 3.8) is 0 Å². The van der Waals surface area contributed by atoms with Gasteiger partial charge in [-0.2, -0.15) is 0 Å². The van der Waals surface area contributed by atoms with Crippen LogP contribution in [0.3, 0.4) is 0 Å². The maximum Gasteiger partial charge on any atom is 0.303 e. The molecule has 10 nitrogen and oxygen atoms in total. The number of oxime groups is 1. The molecule has 1 unspecified atom stereocenters. The Labute approximate surface area is 226 Å². The molecule has 1 atom stereocenters. The number of hydrogen-bond donors (Lipinski definition) is 1. The molecule has 0 bridgehead atoms. The number of rotatable bonds is 8. The second-order valence-corrected chi connectivity index (χ2v) is 9.80. The Morgan fingerprint density at radius 1 is 1.18 bits per heavy atom. The monoisotopic (exact) mass is 540 g/mol. The molecule has 1 aromatic carbocycles. The van der Waals surface area contributed by atoms with E-state index in [-0.39, 0.29) is 42.7 Å². The Morgan fingerprint density at radius 3 is 2.62 bits per heavy atom. The first-order chi connectivity index (χ1) is 18.7. The third-order valence-corrected chi connectivity index (χ3v) is 7.23. The molecular weight excluding hydrogens is 507 g/mol. The Bertz CT molecular complexity index is 1290. The summed E-state index contributed by atoms with van der Waals surface area (Å²) in [4.78, 5) is 48.4. The summed E-state index contributed by atoms with van der Waals surface area (Å²) in [6, 6.07) is 6.18. The third kappa shape index (κ3) is 6.71. The molecule has 0 aliphatic carbocycles. The average Bonchev–Trinajstić information content (AvgIpc) is 3.43. The summed E-state index contributed by atoms with van der Waals surface area (Å²) in [5.41, 5.74) is 3.93. The highest BCUT2D eigenvalue weighted by Gasteiger charge is 2.34. The van der Waals surface area contributed by atoms with Crippen LogP contribution in [0.4, 0.5) is 4.39 Å². The predicted molar refractivity (Wildman–Crippen MR) is 140 cm³/mol. The Hall–Kier alpha value is -4.02. The number of piperidine rings is 1. The lowest BCUT2D eigenvalue weighted by Crippen LogP contribution is -2.43. The normalized spacial score (nSPS) is 17.3. The fourth-order valence-electron chi connectivity index (χ4n) is 4.79. The highest BCUT2D eigenvalue weighted by molar-refractivity contribution is 6.03. The minimum atomic E-state index is -0.476. The Balaban J connectivity index is 1.36. The van der Waals surface area contributed by atoms with Gasteiger partial charge in [-0.25, -0.2) is 4.39 Å². The second kappa shape index (κ2) is 12.2. The maximum absolute atomic E-state index is 13.7. The van der Waals surface area contributed by atoms with E-state index < -0.39 is 11.8 Å². The van der Waals surface area contributed by atoms with E-state index in [9.17, 15) is 18.8 Å². The number of benzene rings is 1. The first kappa shape index (κ1) is 28.0. The number of nitrogens with zero attached hydrogens (tertiary/aromatic N) is 3. The molecule has 2 aromatic rings. The molecule has 2 aliphatic heterocycles. The SMILES string of the molecule is COc1cc(CNC(=O)c2cc(C3=NOC(C4CCN(C(=O)COC(C)=O)CC4)C3)nc(C)c2C)ccc1F. The van der Waals surface area contributed by atoms with E-state index in [2.05, 4.69) is 15.5 Å². The zero-order valence-corrected chi connectivity index (χ0v) is 22.6. The van der Waals surface area contributed by atoms with Crippen molar-refractivity contribution in [2.24, 2.45) is 11.1 Å². The molecule has 11 heteroatoms. The van der Waals surface area contributed by atoms with E-state index in [0.717, 1.165) is 18.4 Å². The number of likely N-dealkylation sites (tertiary alicyclic amines) is 1. The van der Waals surface area contributed by atoms with Gasteiger partial charge in [0.2, 0.25) is 0 Å². The van der Waals surface area contributed by atoms with Crippen LogP contribution in [0.25, 0.3) is 0 Å². The van der Waals surface area contributed by atoms with Gasteiger partial charge in [0.15, 0.2) is 18.2 Å². The van der Waals surface area contributed by atoms with Gasteiger partial charge >= 0.3 is 5.97 Å². The minimum Gasteiger partial charge on any atom is -0.494 e. The number of esters is 1. The molecule has 2 amide bonds. The summed E-state index contributed by atoms with van der Waals surface area (Å²) in [6.45, 7) is 6.06. The smallest absolute Gasteiger partial charge is 0.303 e. The van der Waals surface area contributed by atoms with Gasteiger partial charge in [0.05, 0.1) is 12.8 Å². The summed E-state index contributed by atoms with van der Waals surface area (Å²) in [5.74, 6) is -1.08. The molecule has 1 fully saturated rings. The van der Waals surface area contributed by atoms with Gasteiger partial charge in [0.1, 0.15) is 11.8 Å². The zero-order valence-electron chi connectivity index (χ0n) is 22.6. The summed E-state index contributed by atoms with van der Waals surface area (Å²) >= 11 is 0. The molecule has 1 N–H and O–H groups in total. The standard InChI is InChI=1S/C28H33FN4O6/c1-16-17(2)31-23(12-21(16)28(36)30-14-19-5-6-22(29)26(11-19)37-4)24-13-25(39-32-24)20-7-9-33(10-8-20)27(35)15-38-18(3)34/h5-6,11-12,20,25H,7-10,13-15H2,1-4H3,(H,30,36). The fourth-order valence-corrected chi connectivity index (χ4v) is 4.79. The van der Waals surface area contributed by atoms with Crippen LogP contribution in [0, 0.1) is 25.6 Å². The molecular formula is C28H33FN4O6. The van der Waals surface area contributed by atoms with Gasteiger partial charge in [-0.15, -0.1) is 0 Å². The lowest BCUT2D eigenvalue weighted by atomic mass is 9.88. The number of pyridine rings is 1. The highest BCUT2D eigenvalue weighted by atomic mass is 19.1. The van der Waals surface area contributed by atoms with Gasteiger partial charge in [-0.1, -0.05) is 11.2 Å². The number of carbonyl (C=O) groups is 3. The summed E-state index contributed by atoms with van der Waals surface area (Å²) < 4.78 is 23.5. The molecule has 0 spiro atoms. The van der Waals surface area contributed by atoms with Crippen molar-refractivity contribution in [1.29, 1.82) is 0 Å².